The Morgan fingerprint density at radius 2 is 1.77 bits per heavy atom. The summed E-state index contributed by atoms with van der Waals surface area (Å²) in [6.45, 7) is 4.41. The smallest absolute Gasteiger partial charge is 0.305 e. The molecule has 0 saturated carbocycles. The van der Waals surface area contributed by atoms with E-state index in [2.05, 4.69) is 5.10 Å². The molecule has 2 aromatic rings. The minimum absolute atomic E-state index is 0.00418. The van der Waals surface area contributed by atoms with Gasteiger partial charge in [0.05, 0.1) is 11.7 Å². The number of imide groups is 1. The molecule has 3 amide bonds. The molecule has 6 nitrogen and oxygen atoms in total. The minimum atomic E-state index is -0.302. The predicted molar refractivity (Wildman–Crippen MR) is 97.5 cm³/mol. The van der Waals surface area contributed by atoms with Gasteiger partial charge in [0.25, 0.3) is 5.91 Å². The van der Waals surface area contributed by atoms with Gasteiger partial charge in [-0.15, -0.1) is 0 Å². The number of benzene rings is 1. The summed E-state index contributed by atoms with van der Waals surface area (Å²) in [6.07, 6.45) is 2.24. The molecule has 26 heavy (non-hydrogen) atoms. The number of hydrogen-bond donors (Lipinski definition) is 0. The molecule has 3 heterocycles. The Kier molecular flexibility index (Phi) is 4.05. The maximum absolute atomic E-state index is 13.0. The van der Waals surface area contributed by atoms with E-state index in [0.717, 1.165) is 35.4 Å². The summed E-state index contributed by atoms with van der Waals surface area (Å²) in [7, 11) is 1.92. The van der Waals surface area contributed by atoms with Crippen molar-refractivity contribution in [1.29, 1.82) is 0 Å². The van der Waals surface area contributed by atoms with Crippen LogP contribution in [0.3, 0.4) is 0 Å². The molecule has 0 bridgehead atoms. The Hall–Kier alpha value is -2.63. The summed E-state index contributed by atoms with van der Waals surface area (Å²) in [6, 6.07) is 9.57. The van der Waals surface area contributed by atoms with Crippen LogP contribution in [-0.2, 0) is 18.3 Å². The zero-order valence-corrected chi connectivity index (χ0v) is 15.5. The number of amides is 3. The number of fused-ring (bicyclic) bond motifs is 1. The molecular weight excluding hydrogens is 328 g/mol. The maximum Gasteiger partial charge on any atom is 0.327 e. The van der Waals surface area contributed by atoms with Gasteiger partial charge >= 0.3 is 6.03 Å². The van der Waals surface area contributed by atoms with Gasteiger partial charge in [0.1, 0.15) is 6.04 Å². The quantitative estimate of drug-likeness (QED) is 0.795. The van der Waals surface area contributed by atoms with E-state index in [0.29, 0.717) is 13.0 Å². The molecule has 136 valence electrons. The topological polar surface area (TPSA) is 58.4 Å². The molecule has 2 atom stereocenters. The molecular formula is C20H24N4O2. The van der Waals surface area contributed by atoms with Gasteiger partial charge in [-0.25, -0.2) is 4.79 Å². The maximum atomic E-state index is 13.0. The van der Waals surface area contributed by atoms with E-state index in [-0.39, 0.29) is 24.0 Å². The van der Waals surface area contributed by atoms with Crippen molar-refractivity contribution in [3.8, 4) is 0 Å². The first-order valence-corrected chi connectivity index (χ1v) is 9.16. The predicted octanol–water partition coefficient (Wildman–Crippen LogP) is 2.75. The first-order chi connectivity index (χ1) is 12.5. The largest absolute Gasteiger partial charge is 0.327 e. The van der Waals surface area contributed by atoms with Crippen molar-refractivity contribution in [2.75, 3.05) is 6.54 Å². The van der Waals surface area contributed by atoms with E-state index < -0.39 is 0 Å². The lowest BCUT2D eigenvalue weighted by Crippen LogP contribution is -2.35. The van der Waals surface area contributed by atoms with Crippen LogP contribution >= 0.6 is 0 Å². The number of carbonyl (C=O) groups excluding carboxylic acids is 2. The van der Waals surface area contributed by atoms with Gasteiger partial charge in [0.15, 0.2) is 0 Å². The molecule has 0 radical (unpaired) electrons. The summed E-state index contributed by atoms with van der Waals surface area (Å²) in [4.78, 5) is 29.0. The van der Waals surface area contributed by atoms with Crippen molar-refractivity contribution in [2.24, 2.45) is 7.05 Å². The van der Waals surface area contributed by atoms with E-state index in [9.17, 15) is 9.59 Å². The van der Waals surface area contributed by atoms with Gasteiger partial charge < -0.3 is 4.90 Å². The van der Waals surface area contributed by atoms with E-state index in [1.54, 1.807) is 4.90 Å². The lowest BCUT2D eigenvalue weighted by Gasteiger charge is -2.23. The summed E-state index contributed by atoms with van der Waals surface area (Å²) >= 11 is 0. The fourth-order valence-corrected chi connectivity index (χ4v) is 4.34. The summed E-state index contributed by atoms with van der Waals surface area (Å²) in [5.41, 5.74) is 4.28. The van der Waals surface area contributed by atoms with E-state index in [1.807, 2.05) is 55.9 Å². The van der Waals surface area contributed by atoms with Crippen molar-refractivity contribution in [3.05, 3.63) is 52.8 Å². The van der Waals surface area contributed by atoms with E-state index >= 15 is 0 Å². The molecule has 2 saturated heterocycles. The number of rotatable bonds is 4. The second-order valence-electron chi connectivity index (χ2n) is 7.22. The molecule has 0 aliphatic carbocycles. The van der Waals surface area contributed by atoms with Crippen LogP contribution < -0.4 is 0 Å². The highest BCUT2D eigenvalue weighted by Crippen LogP contribution is 2.41. The average Bonchev–Trinajstić information content (AvgIpc) is 3.25. The zero-order chi connectivity index (χ0) is 18.4. The molecule has 2 fully saturated rings. The molecule has 0 spiro atoms. The third-order valence-corrected chi connectivity index (χ3v) is 5.82. The normalized spacial score (nSPS) is 22.4. The molecule has 2 aliphatic heterocycles. The van der Waals surface area contributed by atoms with Crippen LogP contribution in [0.5, 0.6) is 0 Å². The first-order valence-electron chi connectivity index (χ1n) is 9.16. The molecule has 1 aromatic carbocycles. The van der Waals surface area contributed by atoms with Crippen LogP contribution in [0.1, 0.15) is 41.4 Å². The van der Waals surface area contributed by atoms with Crippen LogP contribution in [0.4, 0.5) is 4.79 Å². The Morgan fingerprint density at radius 3 is 2.42 bits per heavy atom. The van der Waals surface area contributed by atoms with Crippen LogP contribution in [-0.4, -0.2) is 44.1 Å². The fourth-order valence-electron chi connectivity index (χ4n) is 4.34. The van der Waals surface area contributed by atoms with Gasteiger partial charge in [-0.3, -0.25) is 14.4 Å². The Bertz CT molecular complexity index is 858. The number of aromatic nitrogens is 2. The SMILES string of the molecule is Cc1nn(C)c(C)c1CCN1C(=O)[C@@H]2CC[C@@H](c3ccccc3)N2C1=O. The van der Waals surface area contributed by atoms with Crippen LogP contribution in [0.15, 0.2) is 30.3 Å². The number of urea groups is 1. The molecule has 0 N–H and O–H groups in total. The average molecular weight is 352 g/mol. The second kappa shape index (κ2) is 6.27. The highest BCUT2D eigenvalue weighted by atomic mass is 16.2. The highest BCUT2D eigenvalue weighted by Gasteiger charge is 2.51. The highest BCUT2D eigenvalue weighted by molar-refractivity contribution is 6.04. The van der Waals surface area contributed by atoms with Crippen molar-refractivity contribution < 1.29 is 9.59 Å². The molecule has 4 rings (SSSR count). The second-order valence-corrected chi connectivity index (χ2v) is 7.22. The Balaban J connectivity index is 1.53. The van der Waals surface area contributed by atoms with Crippen molar-refractivity contribution in [3.63, 3.8) is 0 Å². The molecule has 1 aromatic heterocycles. The van der Waals surface area contributed by atoms with E-state index in [1.165, 1.54) is 4.90 Å². The monoisotopic (exact) mass is 352 g/mol. The summed E-state index contributed by atoms with van der Waals surface area (Å²) in [5.74, 6) is -0.0485. The molecule has 0 unspecified atom stereocenters. The lowest BCUT2D eigenvalue weighted by atomic mass is 10.0. The summed E-state index contributed by atoms with van der Waals surface area (Å²) < 4.78 is 1.85. The third-order valence-electron chi connectivity index (χ3n) is 5.82. The lowest BCUT2D eigenvalue weighted by molar-refractivity contribution is -0.128. The fraction of sp³-hybridized carbons (Fsp3) is 0.450. The number of carbonyl (C=O) groups is 2. The van der Waals surface area contributed by atoms with Gasteiger partial charge in [0.2, 0.25) is 0 Å². The number of aryl methyl sites for hydroxylation is 2. The molecule has 6 heteroatoms. The summed E-state index contributed by atoms with van der Waals surface area (Å²) in [5, 5.41) is 4.42. The van der Waals surface area contributed by atoms with Crippen molar-refractivity contribution in [1.82, 2.24) is 19.6 Å². The Morgan fingerprint density at radius 1 is 1.08 bits per heavy atom. The van der Waals surface area contributed by atoms with Gasteiger partial charge in [-0.1, -0.05) is 30.3 Å². The first kappa shape index (κ1) is 16.8. The Labute approximate surface area is 153 Å². The number of hydrogen-bond acceptors (Lipinski definition) is 3. The zero-order valence-electron chi connectivity index (χ0n) is 15.5. The van der Waals surface area contributed by atoms with Crippen molar-refractivity contribution in [2.45, 2.75) is 45.2 Å². The van der Waals surface area contributed by atoms with Crippen LogP contribution in [0.25, 0.3) is 0 Å². The van der Waals surface area contributed by atoms with Gasteiger partial charge in [-0.05, 0) is 44.2 Å². The van der Waals surface area contributed by atoms with Crippen molar-refractivity contribution >= 4 is 11.9 Å². The standard InChI is InChI=1S/C20H24N4O2/c1-13-16(14(2)22(3)21-13)11-12-23-19(25)18-10-9-17(24(18)20(23)26)15-7-5-4-6-8-15/h4-8,17-18H,9-12H2,1-3H3/t17-,18-/m0/s1. The third kappa shape index (κ3) is 2.52. The van der Waals surface area contributed by atoms with E-state index in [4.69, 9.17) is 0 Å². The van der Waals surface area contributed by atoms with Crippen LogP contribution in [0.2, 0.25) is 0 Å². The van der Waals surface area contributed by atoms with Crippen LogP contribution in [0, 0.1) is 13.8 Å². The van der Waals surface area contributed by atoms with Gasteiger partial charge in [0, 0.05) is 19.3 Å². The molecule has 2 aliphatic rings. The minimum Gasteiger partial charge on any atom is -0.305 e. The number of nitrogens with zero attached hydrogens (tertiary/aromatic N) is 4. The van der Waals surface area contributed by atoms with Gasteiger partial charge in [-0.2, -0.15) is 5.10 Å².